The van der Waals surface area contributed by atoms with Crippen molar-refractivity contribution in [3.8, 4) is 0 Å². The van der Waals surface area contributed by atoms with Gasteiger partial charge >= 0.3 is 41.7 Å². The van der Waals surface area contributed by atoms with Crippen LogP contribution in [0.1, 0.15) is 48.0 Å². The third kappa shape index (κ3) is 14.9. The molecule has 4 rings (SSSR count). The van der Waals surface area contributed by atoms with Gasteiger partial charge in [-0.15, -0.1) is 0 Å². The summed E-state index contributed by atoms with van der Waals surface area (Å²) in [5, 5.41) is 20.9. The summed E-state index contributed by atoms with van der Waals surface area (Å²) in [6.07, 6.45) is -28.6. The van der Waals surface area contributed by atoms with Crippen LogP contribution >= 0.6 is 0 Å². The maximum absolute atomic E-state index is 16.0. The highest BCUT2D eigenvalue weighted by Gasteiger charge is 2.63. The van der Waals surface area contributed by atoms with Gasteiger partial charge in [-0.3, -0.25) is 28.8 Å². The number of hydrogen-bond acceptors (Lipinski definition) is 24. The number of halogens is 2. The molecular formula is C35H44F2N18O18. The Morgan fingerprint density at radius 3 is 1.51 bits per heavy atom. The van der Waals surface area contributed by atoms with Crippen LogP contribution in [0.2, 0.25) is 0 Å². The first-order valence-electron chi connectivity index (χ1n) is 21.1. The number of azide groups is 6. The fourth-order valence-electron chi connectivity index (χ4n) is 8.13. The van der Waals surface area contributed by atoms with Crippen molar-refractivity contribution in [1.82, 2.24) is 0 Å². The minimum Gasteiger partial charge on any atom is -0.463 e. The summed E-state index contributed by atoms with van der Waals surface area (Å²) in [6, 6.07) is -7.41. The second-order valence-electron chi connectivity index (χ2n) is 15.7. The van der Waals surface area contributed by atoms with Gasteiger partial charge in [0.2, 0.25) is 0 Å². The van der Waals surface area contributed by atoms with E-state index in [1.807, 2.05) is 0 Å². The molecule has 4 unspecified atom stereocenters. The molecule has 3 saturated heterocycles. The van der Waals surface area contributed by atoms with Gasteiger partial charge in [0, 0.05) is 71.0 Å². The molecule has 0 aromatic rings. The van der Waals surface area contributed by atoms with Crippen molar-refractivity contribution in [1.29, 1.82) is 0 Å². The molecule has 73 heavy (non-hydrogen) atoms. The first-order valence-corrected chi connectivity index (χ1v) is 21.1. The maximum atomic E-state index is 16.0. The van der Waals surface area contributed by atoms with E-state index in [-0.39, 0.29) is 0 Å². The molecule has 0 N–H and O–H groups in total. The first-order chi connectivity index (χ1) is 34.6. The van der Waals surface area contributed by atoms with Crippen molar-refractivity contribution in [2.45, 2.75) is 164 Å². The van der Waals surface area contributed by atoms with E-state index in [4.69, 9.17) is 67.9 Å². The summed E-state index contributed by atoms with van der Waals surface area (Å²) in [5.41, 5.74) is 56.8. The summed E-state index contributed by atoms with van der Waals surface area (Å²) >= 11 is 0. The van der Waals surface area contributed by atoms with Gasteiger partial charge in [0.1, 0.15) is 55.3 Å². The molecule has 36 nitrogen and oxygen atoms in total. The molecule has 0 spiro atoms. The molecule has 18 atom stereocenters. The average Bonchev–Trinajstić information content (AvgIpc) is 3.61. The third-order valence-corrected chi connectivity index (χ3v) is 10.7. The average molecular weight is 1040 g/mol. The standard InChI is InChI=1S/C35H44F2N18O18/c1-11(56)62-10-20-27(72-32-22(48-54-42)28(65-14(4)59)26(64-13(3)58)19(68-32)8-44-50-38)30(66-15(5)60)34(69-20)73-29-24(63-12(2)57)17(46-52-40)7-18(47-53-41)25(29)71-33-23(49-55-43)31(67-16(6)61)35(36,37)21(70-33)9-45-51-39/h17-34H,7-10H2,1-6H3/t17?,18?,19-,20+,21+,22?,23?,24-,25+,26+,27+,28+,29+,30+,31+,32+,33+,34-/m0/s1. The number of rotatable bonds is 21. The molecule has 38 heteroatoms. The lowest BCUT2D eigenvalue weighted by Crippen LogP contribution is -2.66. The fraction of sp³-hybridized carbons (Fsp3) is 0.829. The molecule has 0 aromatic carbocycles. The second kappa shape index (κ2) is 26.7. The monoisotopic (exact) mass is 1040 g/mol. The van der Waals surface area contributed by atoms with Crippen molar-refractivity contribution in [2.75, 3.05) is 19.7 Å². The molecule has 3 aliphatic heterocycles. The van der Waals surface area contributed by atoms with Crippen LogP contribution in [0, 0.1) is 0 Å². The summed E-state index contributed by atoms with van der Waals surface area (Å²) in [4.78, 5) is 90.9. The number of carbonyl (C=O) groups excluding carboxylic acids is 6. The van der Waals surface area contributed by atoms with Crippen LogP contribution in [-0.2, 0) is 85.6 Å². The molecule has 4 aliphatic rings. The molecule has 396 valence electrons. The molecule has 1 aliphatic carbocycles. The van der Waals surface area contributed by atoms with Gasteiger partial charge in [0.15, 0.2) is 43.3 Å². The van der Waals surface area contributed by atoms with Crippen molar-refractivity contribution in [3.63, 3.8) is 0 Å². The molecule has 1 saturated carbocycles. The predicted molar refractivity (Wildman–Crippen MR) is 224 cm³/mol. The summed E-state index contributed by atoms with van der Waals surface area (Å²) in [6.45, 7) is 2.83. The topological polar surface area (TPSA) is 506 Å². The quantitative estimate of drug-likeness (QED) is 0.0517. The number of carbonyl (C=O) groups is 6. The van der Waals surface area contributed by atoms with Crippen LogP contribution in [0.3, 0.4) is 0 Å². The minimum atomic E-state index is -4.28. The van der Waals surface area contributed by atoms with Crippen LogP contribution in [0.5, 0.6) is 0 Å². The lowest BCUT2D eigenvalue weighted by atomic mass is 9.83. The molecule has 0 aromatic heterocycles. The van der Waals surface area contributed by atoms with Gasteiger partial charge in [-0.25, -0.2) is 0 Å². The number of ether oxygens (including phenoxy) is 12. The molecular weight excluding hydrogens is 998 g/mol. The number of nitrogens with zero attached hydrogens (tertiary/aromatic N) is 18. The molecule has 0 bridgehead atoms. The Hall–Kier alpha value is -7.70. The van der Waals surface area contributed by atoms with Crippen molar-refractivity contribution >= 4 is 35.8 Å². The minimum absolute atomic E-state index is 0.588. The largest absolute Gasteiger partial charge is 0.463 e. The Morgan fingerprint density at radius 1 is 0.493 bits per heavy atom. The van der Waals surface area contributed by atoms with E-state index < -0.39 is 178 Å². The van der Waals surface area contributed by atoms with Gasteiger partial charge in [-0.1, -0.05) is 30.7 Å². The van der Waals surface area contributed by atoms with Gasteiger partial charge in [-0.2, -0.15) is 8.78 Å². The summed E-state index contributed by atoms with van der Waals surface area (Å²) in [7, 11) is 0. The van der Waals surface area contributed by atoms with Crippen LogP contribution in [0.15, 0.2) is 30.7 Å². The predicted octanol–water partition coefficient (Wildman–Crippen LogP) is 3.91. The van der Waals surface area contributed by atoms with Crippen molar-refractivity contribution in [3.05, 3.63) is 62.7 Å². The number of alkyl halides is 2. The smallest absolute Gasteiger partial charge is 0.310 e. The lowest BCUT2D eigenvalue weighted by Gasteiger charge is -2.48. The normalized spacial score (nSPS) is 34.0. The van der Waals surface area contributed by atoms with Crippen molar-refractivity contribution < 1.29 is 94.4 Å². The van der Waals surface area contributed by atoms with Crippen LogP contribution < -0.4 is 0 Å². The van der Waals surface area contributed by atoms with E-state index in [0.717, 1.165) is 41.5 Å². The van der Waals surface area contributed by atoms with E-state index in [2.05, 4.69) is 60.2 Å². The number of hydrogen-bond donors (Lipinski definition) is 0. The first kappa shape index (κ1) is 57.9. The highest BCUT2D eigenvalue weighted by Crippen LogP contribution is 2.43. The Morgan fingerprint density at radius 2 is 0.959 bits per heavy atom. The highest BCUT2D eigenvalue weighted by atomic mass is 19.3. The van der Waals surface area contributed by atoms with Gasteiger partial charge in [-0.05, 0) is 39.6 Å². The highest BCUT2D eigenvalue weighted by molar-refractivity contribution is 5.68. The third-order valence-electron chi connectivity index (χ3n) is 10.7. The van der Waals surface area contributed by atoms with Gasteiger partial charge < -0.3 is 56.8 Å². The Bertz CT molecular complexity index is 2380. The second-order valence-corrected chi connectivity index (χ2v) is 15.7. The van der Waals surface area contributed by atoms with Crippen LogP contribution in [0.25, 0.3) is 62.7 Å². The zero-order valence-electron chi connectivity index (χ0n) is 38.9. The van der Waals surface area contributed by atoms with Gasteiger partial charge in [0.25, 0.3) is 0 Å². The SMILES string of the molecule is CC(=O)OC[C@H]1O[C@@H](O[C@H]2[C@H](O[C@H]3O[C@H](CN=[N+]=[N-])C(F)(F)[C@H](OC(C)=O)C3N=[N+]=[N-])C(N=[N+]=[N-])CC(N=[N+]=[N-])[C@@H]2OC(C)=O)[C@H](OC(C)=O)[C@@H]1O[C@H]1O[C@@H](CN=[N+]=[N-])[C@@H](OC(C)=O)[C@H](OC(C)=O)C1N=[N+]=[N-]. The van der Waals surface area contributed by atoms with Crippen molar-refractivity contribution in [2.24, 2.45) is 30.7 Å². The Labute approximate surface area is 407 Å². The van der Waals surface area contributed by atoms with E-state index >= 15 is 8.78 Å². The molecule has 0 radical (unpaired) electrons. The zero-order chi connectivity index (χ0) is 54.2. The van der Waals surface area contributed by atoms with E-state index in [1.165, 1.54) is 0 Å². The summed E-state index contributed by atoms with van der Waals surface area (Å²) < 4.78 is 101. The van der Waals surface area contributed by atoms with Crippen LogP contribution in [0.4, 0.5) is 8.78 Å². The number of esters is 6. The molecule has 4 fully saturated rings. The summed E-state index contributed by atoms with van der Waals surface area (Å²) in [5.74, 6) is -10.7. The molecule has 0 amide bonds. The van der Waals surface area contributed by atoms with E-state index in [0.29, 0.717) is 0 Å². The van der Waals surface area contributed by atoms with Gasteiger partial charge in [0.05, 0.1) is 31.3 Å². The Kier molecular flexibility index (Phi) is 21.1. The van der Waals surface area contributed by atoms with Crippen LogP contribution in [-0.4, -0.2) is 172 Å². The molecule has 3 heterocycles. The van der Waals surface area contributed by atoms with E-state index in [9.17, 15) is 50.9 Å². The van der Waals surface area contributed by atoms with E-state index in [1.54, 1.807) is 0 Å². The maximum Gasteiger partial charge on any atom is 0.310 e. The Balaban J connectivity index is 1.95. The zero-order valence-corrected chi connectivity index (χ0v) is 38.9. The lowest BCUT2D eigenvalue weighted by molar-refractivity contribution is -0.334. The fourth-order valence-corrected chi connectivity index (χ4v) is 8.13.